The molecule has 0 saturated carbocycles. The van der Waals surface area contributed by atoms with Crippen LogP contribution in [0.4, 0.5) is 4.79 Å². The average Bonchev–Trinajstić information content (AvgIpc) is 1.81. The molecule has 2 atom stereocenters. The Bertz CT molecular complexity index is 173. The summed E-state index contributed by atoms with van der Waals surface area (Å²) in [5, 5.41) is 11.1. The topological polar surface area (TPSA) is 75.3 Å². The van der Waals surface area contributed by atoms with Crippen molar-refractivity contribution in [3.05, 3.63) is 0 Å². The van der Waals surface area contributed by atoms with Gasteiger partial charge >= 0.3 is 6.09 Å². The maximum atomic E-state index is 10.5. The second-order valence-corrected chi connectivity index (χ2v) is 4.58. The van der Waals surface area contributed by atoms with Crippen LogP contribution in [0, 0.1) is 5.41 Å². The summed E-state index contributed by atoms with van der Waals surface area (Å²) < 4.78 is 0. The molecular formula is C9H20N2O2. The van der Waals surface area contributed by atoms with Gasteiger partial charge in [-0.25, -0.2) is 4.79 Å². The van der Waals surface area contributed by atoms with E-state index >= 15 is 0 Å². The van der Waals surface area contributed by atoms with E-state index in [1.165, 1.54) is 0 Å². The van der Waals surface area contributed by atoms with Crippen LogP contribution >= 0.6 is 0 Å². The Morgan fingerprint density at radius 1 is 1.54 bits per heavy atom. The fourth-order valence-electron chi connectivity index (χ4n) is 1.15. The SMILES string of the molecule is CC(N)CC(NC(=O)O)C(C)(C)C. The summed E-state index contributed by atoms with van der Waals surface area (Å²) in [4.78, 5) is 10.5. The molecule has 0 spiro atoms. The highest BCUT2D eigenvalue weighted by molar-refractivity contribution is 5.64. The summed E-state index contributed by atoms with van der Waals surface area (Å²) in [5.41, 5.74) is 5.54. The predicted molar refractivity (Wildman–Crippen MR) is 52.7 cm³/mol. The molecule has 0 bridgehead atoms. The lowest BCUT2D eigenvalue weighted by atomic mass is 9.83. The first-order chi connectivity index (χ1) is 5.73. The normalized spacial score (nSPS) is 16.4. The van der Waals surface area contributed by atoms with E-state index in [0.29, 0.717) is 6.42 Å². The number of amides is 1. The molecule has 4 heteroatoms. The van der Waals surface area contributed by atoms with Gasteiger partial charge in [0.1, 0.15) is 0 Å². The van der Waals surface area contributed by atoms with Crippen molar-refractivity contribution in [1.82, 2.24) is 5.32 Å². The zero-order chi connectivity index (χ0) is 10.6. The Labute approximate surface area is 79.5 Å². The zero-order valence-electron chi connectivity index (χ0n) is 8.79. The second-order valence-electron chi connectivity index (χ2n) is 4.58. The van der Waals surface area contributed by atoms with Gasteiger partial charge < -0.3 is 16.2 Å². The van der Waals surface area contributed by atoms with Crippen molar-refractivity contribution < 1.29 is 9.90 Å². The van der Waals surface area contributed by atoms with E-state index in [0.717, 1.165) is 0 Å². The van der Waals surface area contributed by atoms with Gasteiger partial charge in [-0.2, -0.15) is 0 Å². The van der Waals surface area contributed by atoms with Gasteiger partial charge in [-0.05, 0) is 18.8 Å². The third-order valence-corrected chi connectivity index (χ3v) is 1.95. The molecule has 0 aliphatic carbocycles. The summed E-state index contributed by atoms with van der Waals surface area (Å²) in [7, 11) is 0. The van der Waals surface area contributed by atoms with Crippen LogP contribution in [0.2, 0.25) is 0 Å². The minimum Gasteiger partial charge on any atom is -0.465 e. The van der Waals surface area contributed by atoms with Gasteiger partial charge in [0.15, 0.2) is 0 Å². The van der Waals surface area contributed by atoms with Crippen molar-refractivity contribution in [1.29, 1.82) is 0 Å². The van der Waals surface area contributed by atoms with Gasteiger partial charge in [-0.15, -0.1) is 0 Å². The molecule has 0 radical (unpaired) electrons. The van der Waals surface area contributed by atoms with E-state index in [9.17, 15) is 4.79 Å². The Kier molecular flexibility index (Phi) is 4.20. The maximum absolute atomic E-state index is 10.5. The van der Waals surface area contributed by atoms with Gasteiger partial charge in [0.05, 0.1) is 0 Å². The molecule has 4 nitrogen and oxygen atoms in total. The fourth-order valence-corrected chi connectivity index (χ4v) is 1.15. The fraction of sp³-hybridized carbons (Fsp3) is 0.889. The first-order valence-electron chi connectivity index (χ1n) is 4.48. The summed E-state index contributed by atoms with van der Waals surface area (Å²) in [6.45, 7) is 7.87. The van der Waals surface area contributed by atoms with Gasteiger partial charge in [0.25, 0.3) is 0 Å². The standard InChI is InChI=1S/C9H20N2O2/c1-6(10)5-7(9(2,3)4)11-8(12)13/h6-7,11H,5,10H2,1-4H3,(H,12,13). The van der Waals surface area contributed by atoms with Crippen LogP contribution in [-0.4, -0.2) is 23.3 Å². The van der Waals surface area contributed by atoms with Crippen molar-refractivity contribution >= 4 is 6.09 Å². The molecule has 13 heavy (non-hydrogen) atoms. The molecule has 0 aromatic rings. The molecule has 0 aliphatic rings. The van der Waals surface area contributed by atoms with Crippen LogP contribution in [0.15, 0.2) is 0 Å². The second kappa shape index (κ2) is 4.46. The Balaban J connectivity index is 4.28. The molecule has 1 amide bonds. The minimum absolute atomic E-state index is 0.0103. The maximum Gasteiger partial charge on any atom is 0.404 e. The predicted octanol–water partition coefficient (Wildman–Crippen LogP) is 1.41. The molecule has 0 saturated heterocycles. The van der Waals surface area contributed by atoms with Crippen LogP contribution in [0.5, 0.6) is 0 Å². The van der Waals surface area contributed by atoms with Crippen molar-refractivity contribution in [3.8, 4) is 0 Å². The highest BCUT2D eigenvalue weighted by atomic mass is 16.4. The molecule has 0 fully saturated rings. The number of hydrogen-bond donors (Lipinski definition) is 3. The first kappa shape index (κ1) is 12.2. The first-order valence-corrected chi connectivity index (χ1v) is 4.48. The lowest BCUT2D eigenvalue weighted by Crippen LogP contribution is -2.45. The summed E-state index contributed by atoms with van der Waals surface area (Å²) in [6, 6.07) is -0.0823. The average molecular weight is 188 g/mol. The number of carboxylic acid groups (broad SMARTS) is 1. The van der Waals surface area contributed by atoms with Crippen molar-refractivity contribution in [2.75, 3.05) is 0 Å². The van der Waals surface area contributed by atoms with Gasteiger partial charge in [0, 0.05) is 12.1 Å². The number of hydrogen-bond acceptors (Lipinski definition) is 2. The monoisotopic (exact) mass is 188 g/mol. The van der Waals surface area contributed by atoms with Crippen molar-refractivity contribution in [2.45, 2.75) is 46.2 Å². The zero-order valence-corrected chi connectivity index (χ0v) is 8.79. The van der Waals surface area contributed by atoms with E-state index in [2.05, 4.69) is 5.32 Å². The smallest absolute Gasteiger partial charge is 0.404 e. The number of nitrogens with two attached hydrogens (primary N) is 1. The third kappa shape index (κ3) is 5.47. The minimum atomic E-state index is -0.986. The highest BCUT2D eigenvalue weighted by Crippen LogP contribution is 2.22. The van der Waals surface area contributed by atoms with Crippen LogP contribution < -0.4 is 11.1 Å². The molecule has 0 aromatic heterocycles. The van der Waals surface area contributed by atoms with Crippen molar-refractivity contribution in [3.63, 3.8) is 0 Å². The molecule has 0 aliphatic heterocycles. The molecule has 0 heterocycles. The van der Waals surface area contributed by atoms with Gasteiger partial charge in [-0.3, -0.25) is 0 Å². The lowest BCUT2D eigenvalue weighted by Gasteiger charge is -2.31. The van der Waals surface area contributed by atoms with Crippen LogP contribution in [0.3, 0.4) is 0 Å². The lowest BCUT2D eigenvalue weighted by molar-refractivity contribution is 0.170. The van der Waals surface area contributed by atoms with E-state index in [4.69, 9.17) is 10.8 Å². The Morgan fingerprint density at radius 3 is 2.23 bits per heavy atom. The molecule has 2 unspecified atom stereocenters. The largest absolute Gasteiger partial charge is 0.465 e. The van der Waals surface area contributed by atoms with Crippen molar-refractivity contribution in [2.24, 2.45) is 11.1 Å². The molecule has 0 rings (SSSR count). The number of carbonyl (C=O) groups is 1. The van der Waals surface area contributed by atoms with Gasteiger partial charge in [0.2, 0.25) is 0 Å². The number of rotatable bonds is 3. The van der Waals surface area contributed by atoms with E-state index in [1.807, 2.05) is 27.7 Å². The van der Waals surface area contributed by atoms with E-state index in [1.54, 1.807) is 0 Å². The van der Waals surface area contributed by atoms with Crippen LogP contribution in [-0.2, 0) is 0 Å². The van der Waals surface area contributed by atoms with Crippen LogP contribution in [0.1, 0.15) is 34.1 Å². The van der Waals surface area contributed by atoms with E-state index < -0.39 is 6.09 Å². The number of nitrogens with one attached hydrogen (secondary N) is 1. The van der Waals surface area contributed by atoms with Crippen LogP contribution in [0.25, 0.3) is 0 Å². The highest BCUT2D eigenvalue weighted by Gasteiger charge is 2.26. The molecular weight excluding hydrogens is 168 g/mol. The summed E-state index contributed by atoms with van der Waals surface area (Å²) in [5.74, 6) is 0. The Hall–Kier alpha value is -0.770. The Morgan fingerprint density at radius 2 is 2.00 bits per heavy atom. The molecule has 78 valence electrons. The molecule has 4 N–H and O–H groups in total. The summed E-state index contributed by atoms with van der Waals surface area (Å²) >= 11 is 0. The molecule has 0 aromatic carbocycles. The summed E-state index contributed by atoms with van der Waals surface area (Å²) in [6.07, 6.45) is -0.323. The van der Waals surface area contributed by atoms with Gasteiger partial charge in [-0.1, -0.05) is 20.8 Å². The third-order valence-electron chi connectivity index (χ3n) is 1.95. The van der Waals surface area contributed by atoms with E-state index in [-0.39, 0.29) is 17.5 Å². The quantitative estimate of drug-likeness (QED) is 0.626.